The molecule has 14 atom stereocenters. The van der Waals surface area contributed by atoms with Gasteiger partial charge in [-0.1, -0.05) is 25.1 Å². The third-order valence-electron chi connectivity index (χ3n) is 13.0. The summed E-state index contributed by atoms with van der Waals surface area (Å²) in [7, 11) is 6.59. The molecule has 11 heteroatoms. The maximum Gasteiger partial charge on any atom is 0.338 e. The Hall–Kier alpha value is -2.12. The smallest absolute Gasteiger partial charge is 0.338 e. The molecule has 0 aromatic heterocycles. The van der Waals surface area contributed by atoms with E-state index in [-0.39, 0.29) is 35.8 Å². The number of carbonyl (C=O) groups is 2. The van der Waals surface area contributed by atoms with Crippen LogP contribution in [0.3, 0.4) is 0 Å². The highest BCUT2D eigenvalue weighted by atomic mass is 16.6. The van der Waals surface area contributed by atoms with Crippen LogP contribution in [0.5, 0.6) is 0 Å². The Bertz CT molecular complexity index is 1330. The average Bonchev–Trinajstić information content (AvgIpc) is 3.40. The van der Waals surface area contributed by atoms with Gasteiger partial charge in [0.25, 0.3) is 0 Å². The van der Waals surface area contributed by atoms with Crippen molar-refractivity contribution in [2.24, 2.45) is 34.5 Å². The van der Waals surface area contributed by atoms with Gasteiger partial charge in [0.15, 0.2) is 5.60 Å². The molecule has 1 aliphatic heterocycles. The first kappa shape index (κ1) is 31.5. The van der Waals surface area contributed by atoms with Gasteiger partial charge in [-0.05, 0) is 43.9 Å². The summed E-state index contributed by atoms with van der Waals surface area (Å²) in [6.07, 6.45) is -2.64. The lowest BCUT2D eigenvalue weighted by Crippen LogP contribution is -2.80. The van der Waals surface area contributed by atoms with Crippen LogP contribution in [0.1, 0.15) is 43.5 Å². The van der Waals surface area contributed by atoms with Crippen molar-refractivity contribution in [3.63, 3.8) is 0 Å². The molecular formula is C34H47NO10. The van der Waals surface area contributed by atoms with Gasteiger partial charge in [-0.25, -0.2) is 4.79 Å². The molecule has 0 unspecified atom stereocenters. The number of aliphatic hydroxyl groups excluding tert-OH is 1. The normalized spacial score (nSPS) is 49.1. The number of likely N-dealkylation sites (tertiary alicyclic amines) is 1. The lowest BCUT2D eigenvalue weighted by molar-refractivity contribution is -0.317. The zero-order valence-electron chi connectivity index (χ0n) is 27.0. The van der Waals surface area contributed by atoms with E-state index in [1.165, 1.54) is 14.0 Å². The molecule has 6 aliphatic rings. The van der Waals surface area contributed by atoms with Gasteiger partial charge in [0.05, 0.1) is 24.4 Å². The number of esters is 2. The second-order valence-corrected chi connectivity index (χ2v) is 14.3. The number of hydrogen-bond donors (Lipinski definition) is 2. The molecule has 45 heavy (non-hydrogen) atoms. The highest BCUT2D eigenvalue weighted by Crippen LogP contribution is 2.80. The zero-order valence-corrected chi connectivity index (χ0v) is 27.0. The van der Waals surface area contributed by atoms with Gasteiger partial charge < -0.3 is 38.6 Å². The molecule has 6 fully saturated rings. The van der Waals surface area contributed by atoms with E-state index >= 15 is 0 Å². The summed E-state index contributed by atoms with van der Waals surface area (Å²) in [6, 6.07) is 8.42. The van der Waals surface area contributed by atoms with Crippen LogP contribution >= 0.6 is 0 Å². The minimum Gasteiger partial charge on any atom is -0.455 e. The van der Waals surface area contributed by atoms with Gasteiger partial charge in [-0.2, -0.15) is 0 Å². The van der Waals surface area contributed by atoms with Crippen LogP contribution in [0.15, 0.2) is 30.3 Å². The van der Waals surface area contributed by atoms with E-state index in [1.807, 2.05) is 6.07 Å². The number of benzene rings is 1. The highest BCUT2D eigenvalue weighted by molar-refractivity contribution is 5.89. The van der Waals surface area contributed by atoms with Crippen LogP contribution in [-0.2, 0) is 33.2 Å². The Labute approximate surface area is 264 Å². The lowest BCUT2D eigenvalue weighted by atomic mass is 9.43. The summed E-state index contributed by atoms with van der Waals surface area (Å²) in [6.45, 7) is 5.44. The Morgan fingerprint density at radius 3 is 2.36 bits per heavy atom. The lowest BCUT2D eigenvalue weighted by Gasteiger charge is -2.69. The monoisotopic (exact) mass is 629 g/mol. The molecule has 5 aliphatic carbocycles. The number of rotatable bonds is 9. The Balaban J connectivity index is 1.52. The molecule has 1 saturated heterocycles. The Kier molecular flexibility index (Phi) is 7.48. The molecule has 11 nitrogen and oxygen atoms in total. The fourth-order valence-corrected chi connectivity index (χ4v) is 12.4. The van der Waals surface area contributed by atoms with E-state index in [1.54, 1.807) is 45.6 Å². The second kappa shape index (κ2) is 10.7. The predicted molar refractivity (Wildman–Crippen MR) is 159 cm³/mol. The third-order valence-corrected chi connectivity index (χ3v) is 13.0. The molecule has 0 amide bonds. The number of fused-ring (bicyclic) bond motifs is 2. The summed E-state index contributed by atoms with van der Waals surface area (Å²) < 4.78 is 37.7. The molecule has 1 heterocycles. The minimum absolute atomic E-state index is 0.101. The quantitative estimate of drug-likeness (QED) is 0.387. The summed E-state index contributed by atoms with van der Waals surface area (Å²) in [5.74, 6) is -2.95. The fraction of sp³-hybridized carbons (Fsp3) is 0.765. The van der Waals surface area contributed by atoms with E-state index in [0.29, 0.717) is 18.7 Å². The SMILES string of the molecule is CCN1C[C@]2(COC)CC[C@H](OC)[C@]34[C@@H]2[C@@H](OC)[C@H]([C@@H]13)[C@]1(OC(C)=O)[C@H]2[C@@H](OC(=O)c3ccccc3)[C@@](O)(C[C@@H]24)[C@@H](OC)[C@@H]1O. The largest absolute Gasteiger partial charge is 0.455 e. The van der Waals surface area contributed by atoms with Gasteiger partial charge >= 0.3 is 11.9 Å². The van der Waals surface area contributed by atoms with Crippen molar-refractivity contribution in [1.29, 1.82) is 0 Å². The molecule has 248 valence electrons. The summed E-state index contributed by atoms with van der Waals surface area (Å²) in [5, 5.41) is 25.3. The molecule has 1 aromatic carbocycles. The Morgan fingerprint density at radius 2 is 1.76 bits per heavy atom. The summed E-state index contributed by atoms with van der Waals surface area (Å²) >= 11 is 0. The minimum atomic E-state index is -1.76. The molecule has 7 rings (SSSR count). The van der Waals surface area contributed by atoms with Crippen molar-refractivity contribution < 1.29 is 48.2 Å². The average molecular weight is 630 g/mol. The van der Waals surface area contributed by atoms with Crippen LogP contribution in [0, 0.1) is 34.5 Å². The molecule has 5 saturated carbocycles. The van der Waals surface area contributed by atoms with Gasteiger partial charge in [-0.15, -0.1) is 0 Å². The van der Waals surface area contributed by atoms with E-state index in [2.05, 4.69) is 11.8 Å². The molecule has 7 bridgehead atoms. The van der Waals surface area contributed by atoms with E-state index in [4.69, 9.17) is 28.4 Å². The van der Waals surface area contributed by atoms with Crippen molar-refractivity contribution in [1.82, 2.24) is 4.90 Å². The van der Waals surface area contributed by atoms with Crippen molar-refractivity contribution in [2.45, 2.75) is 80.9 Å². The number of carbonyl (C=O) groups excluding carboxylic acids is 2. The van der Waals surface area contributed by atoms with Gasteiger partial charge in [-0.3, -0.25) is 9.69 Å². The van der Waals surface area contributed by atoms with E-state index in [9.17, 15) is 19.8 Å². The van der Waals surface area contributed by atoms with Crippen molar-refractivity contribution >= 4 is 11.9 Å². The second-order valence-electron chi connectivity index (χ2n) is 14.3. The summed E-state index contributed by atoms with van der Waals surface area (Å²) in [4.78, 5) is 29.4. The van der Waals surface area contributed by atoms with Crippen LogP contribution in [0.2, 0.25) is 0 Å². The molecular weight excluding hydrogens is 582 g/mol. The molecule has 0 radical (unpaired) electrons. The number of aliphatic hydroxyl groups is 2. The topological polar surface area (TPSA) is 133 Å². The first-order valence-corrected chi connectivity index (χ1v) is 16.2. The fourth-order valence-electron chi connectivity index (χ4n) is 12.4. The number of ether oxygens (including phenoxy) is 6. The molecule has 2 N–H and O–H groups in total. The number of hydrogen-bond acceptors (Lipinski definition) is 11. The van der Waals surface area contributed by atoms with Crippen molar-refractivity contribution in [2.75, 3.05) is 48.1 Å². The summed E-state index contributed by atoms with van der Waals surface area (Å²) in [5.41, 5.74) is -3.92. The first-order valence-electron chi connectivity index (χ1n) is 16.2. The van der Waals surface area contributed by atoms with Crippen LogP contribution in [0.4, 0.5) is 0 Å². The van der Waals surface area contributed by atoms with E-state index in [0.717, 1.165) is 19.4 Å². The standard InChI is InChI=1S/C34H47NO10/c1-7-35-16-31(17-40-3)14-13-21(41-4)33-20-15-32(39)28(44-30(38)19-11-9-8-10-12-19)22(20)34(45-18(2)36,27(37)29(32)43-6)23(26(33)35)24(42-5)25(31)33/h8-12,20-29,37,39H,7,13-17H2,1-6H3/t20-,21-,22+,23+,24-,25+,26+,27-,28+,29-,31-,32-,33+,34+/m0/s1. The molecule has 1 aromatic rings. The number of methoxy groups -OCH3 is 4. The van der Waals surface area contributed by atoms with Gasteiger partial charge in [0, 0.05) is 76.5 Å². The maximum atomic E-state index is 13.7. The van der Waals surface area contributed by atoms with Gasteiger partial charge in [0.1, 0.15) is 23.9 Å². The third kappa shape index (κ3) is 3.66. The zero-order chi connectivity index (χ0) is 32.1. The van der Waals surface area contributed by atoms with Crippen molar-refractivity contribution in [3.05, 3.63) is 35.9 Å². The number of nitrogens with zero attached hydrogens (tertiary/aromatic N) is 1. The highest BCUT2D eigenvalue weighted by Gasteiger charge is 2.91. The first-order chi connectivity index (χ1) is 21.6. The van der Waals surface area contributed by atoms with Crippen LogP contribution < -0.4 is 0 Å². The maximum absolute atomic E-state index is 13.7. The van der Waals surface area contributed by atoms with Crippen molar-refractivity contribution in [3.8, 4) is 0 Å². The predicted octanol–water partition coefficient (Wildman–Crippen LogP) is 1.68. The number of piperidine rings is 1. The van der Waals surface area contributed by atoms with E-state index < -0.39 is 64.8 Å². The molecule has 1 spiro atoms. The Morgan fingerprint density at radius 1 is 1.02 bits per heavy atom. The van der Waals surface area contributed by atoms with Crippen LogP contribution in [0.25, 0.3) is 0 Å². The van der Waals surface area contributed by atoms with Crippen LogP contribution in [-0.4, -0.2) is 123 Å². The van der Waals surface area contributed by atoms with Gasteiger partial charge in [0.2, 0.25) is 0 Å².